The van der Waals surface area contributed by atoms with Crippen LogP contribution in [0.1, 0.15) is 24.0 Å². The molecule has 0 radical (unpaired) electrons. The molecule has 4 heterocycles. The molecule has 32 heavy (non-hydrogen) atoms. The van der Waals surface area contributed by atoms with Crippen molar-refractivity contribution < 1.29 is 0 Å². The van der Waals surface area contributed by atoms with Gasteiger partial charge in [0.2, 0.25) is 5.95 Å². The van der Waals surface area contributed by atoms with E-state index >= 15 is 0 Å². The minimum absolute atomic E-state index is 0.168. The number of nitriles is 1. The van der Waals surface area contributed by atoms with Gasteiger partial charge in [0.15, 0.2) is 11.5 Å². The van der Waals surface area contributed by atoms with Crippen LogP contribution in [0.5, 0.6) is 0 Å². The molecule has 0 amide bonds. The predicted molar refractivity (Wildman–Crippen MR) is 117 cm³/mol. The number of benzene rings is 1. The van der Waals surface area contributed by atoms with Gasteiger partial charge in [0.05, 0.1) is 41.2 Å². The Bertz CT molecular complexity index is 1460. The Labute approximate surface area is 183 Å². The summed E-state index contributed by atoms with van der Waals surface area (Å²) < 4.78 is 3.26. The van der Waals surface area contributed by atoms with E-state index in [4.69, 9.17) is 10.7 Å². The van der Waals surface area contributed by atoms with Crippen molar-refractivity contribution in [1.29, 1.82) is 5.26 Å². The SMILES string of the molecule is CCn1nncc1-c1c(-c2ccccc2C#N)nc(N)n2nc(Cc3ccccn3)nc12. The molecule has 2 N–H and O–H groups in total. The Morgan fingerprint density at radius 1 is 1.09 bits per heavy atom. The van der Waals surface area contributed by atoms with Gasteiger partial charge in [-0.2, -0.15) is 9.78 Å². The van der Waals surface area contributed by atoms with E-state index in [1.807, 2.05) is 43.3 Å². The lowest BCUT2D eigenvalue weighted by Gasteiger charge is -2.13. The molecule has 5 rings (SSSR count). The molecule has 10 nitrogen and oxygen atoms in total. The van der Waals surface area contributed by atoms with Gasteiger partial charge in [-0.1, -0.05) is 29.5 Å². The van der Waals surface area contributed by atoms with Crippen LogP contribution in [0, 0.1) is 11.3 Å². The Morgan fingerprint density at radius 3 is 2.72 bits per heavy atom. The average molecular weight is 422 g/mol. The van der Waals surface area contributed by atoms with Gasteiger partial charge in [0.1, 0.15) is 0 Å². The first-order chi connectivity index (χ1) is 15.7. The van der Waals surface area contributed by atoms with Crippen LogP contribution in [0.4, 0.5) is 5.95 Å². The molecular formula is C22H18N10. The van der Waals surface area contributed by atoms with Crippen LogP contribution in [0.3, 0.4) is 0 Å². The topological polar surface area (TPSA) is 136 Å². The highest BCUT2D eigenvalue weighted by Crippen LogP contribution is 2.35. The standard InChI is InChI=1S/C22H18N10/c1-2-31-17(13-26-30-31)19-20(16-9-4-3-7-14(16)12-23)28-22(24)32-21(19)27-18(29-32)11-15-8-5-6-10-25-15/h3-10,13H,2,11H2,1H3,(H2,24,28). The molecule has 0 spiro atoms. The van der Waals surface area contributed by atoms with E-state index in [2.05, 4.69) is 31.4 Å². The number of fused-ring (bicyclic) bond motifs is 1. The summed E-state index contributed by atoms with van der Waals surface area (Å²) in [6.45, 7) is 2.57. The molecule has 156 valence electrons. The fourth-order valence-electron chi connectivity index (χ4n) is 3.64. The molecule has 0 unspecified atom stereocenters. The van der Waals surface area contributed by atoms with Crippen molar-refractivity contribution in [2.75, 3.05) is 5.73 Å². The minimum Gasteiger partial charge on any atom is -0.368 e. The summed E-state index contributed by atoms with van der Waals surface area (Å²) in [6, 6.07) is 15.2. The minimum atomic E-state index is 0.168. The van der Waals surface area contributed by atoms with Crippen LogP contribution in [0.25, 0.3) is 28.2 Å². The number of hydrogen-bond donors (Lipinski definition) is 1. The van der Waals surface area contributed by atoms with Crippen LogP contribution in [-0.2, 0) is 13.0 Å². The largest absolute Gasteiger partial charge is 0.368 e. The quantitative estimate of drug-likeness (QED) is 0.456. The second kappa shape index (κ2) is 7.88. The first-order valence-corrected chi connectivity index (χ1v) is 10.0. The van der Waals surface area contributed by atoms with Gasteiger partial charge < -0.3 is 5.73 Å². The first-order valence-electron chi connectivity index (χ1n) is 10.0. The molecule has 0 saturated carbocycles. The van der Waals surface area contributed by atoms with Crippen molar-refractivity contribution >= 4 is 11.6 Å². The predicted octanol–water partition coefficient (Wildman–Crippen LogP) is 2.51. The third kappa shape index (κ3) is 3.22. The molecular weight excluding hydrogens is 404 g/mol. The van der Waals surface area contributed by atoms with E-state index in [1.54, 1.807) is 23.1 Å². The Morgan fingerprint density at radius 2 is 1.94 bits per heavy atom. The van der Waals surface area contributed by atoms with Crippen molar-refractivity contribution in [3.05, 3.63) is 71.9 Å². The number of rotatable bonds is 5. The lowest BCUT2D eigenvalue weighted by atomic mass is 10.00. The summed E-state index contributed by atoms with van der Waals surface area (Å²) >= 11 is 0. The second-order valence-corrected chi connectivity index (χ2v) is 7.05. The third-order valence-electron chi connectivity index (χ3n) is 5.10. The van der Waals surface area contributed by atoms with Gasteiger partial charge in [0, 0.05) is 24.0 Å². The molecule has 0 fully saturated rings. The van der Waals surface area contributed by atoms with Gasteiger partial charge in [-0.15, -0.1) is 10.2 Å². The number of hydrogen-bond acceptors (Lipinski definition) is 8. The van der Waals surface area contributed by atoms with Gasteiger partial charge in [0.25, 0.3) is 0 Å². The smallest absolute Gasteiger partial charge is 0.223 e. The van der Waals surface area contributed by atoms with Crippen LogP contribution < -0.4 is 5.73 Å². The van der Waals surface area contributed by atoms with Crippen molar-refractivity contribution in [3.8, 4) is 28.6 Å². The Balaban J connectivity index is 1.80. The molecule has 1 aromatic carbocycles. The van der Waals surface area contributed by atoms with E-state index in [0.717, 1.165) is 5.69 Å². The number of nitrogens with zero attached hydrogens (tertiary/aromatic N) is 9. The van der Waals surface area contributed by atoms with Crippen molar-refractivity contribution in [3.63, 3.8) is 0 Å². The molecule has 10 heteroatoms. The molecule has 0 aliphatic carbocycles. The van der Waals surface area contributed by atoms with E-state index < -0.39 is 0 Å². The van der Waals surface area contributed by atoms with Gasteiger partial charge in [-0.05, 0) is 25.1 Å². The number of nitrogens with two attached hydrogens (primary N) is 1. The molecule has 0 aliphatic rings. The van der Waals surface area contributed by atoms with Crippen molar-refractivity contribution in [1.82, 2.24) is 39.6 Å². The van der Waals surface area contributed by atoms with E-state index in [9.17, 15) is 5.26 Å². The summed E-state index contributed by atoms with van der Waals surface area (Å²) in [5, 5.41) is 22.5. The van der Waals surface area contributed by atoms with Crippen molar-refractivity contribution in [2.24, 2.45) is 0 Å². The van der Waals surface area contributed by atoms with E-state index in [0.29, 0.717) is 52.5 Å². The van der Waals surface area contributed by atoms with Crippen LogP contribution in [-0.4, -0.2) is 39.6 Å². The maximum Gasteiger partial charge on any atom is 0.223 e. The second-order valence-electron chi connectivity index (χ2n) is 7.05. The zero-order valence-corrected chi connectivity index (χ0v) is 17.2. The highest BCUT2D eigenvalue weighted by atomic mass is 15.4. The normalized spacial score (nSPS) is 11.0. The first kappa shape index (κ1) is 19.3. The van der Waals surface area contributed by atoms with Crippen molar-refractivity contribution in [2.45, 2.75) is 19.9 Å². The molecule has 0 atom stereocenters. The van der Waals surface area contributed by atoms with Gasteiger partial charge in [-0.3, -0.25) is 4.98 Å². The Kier molecular flexibility index (Phi) is 4.76. The lowest BCUT2D eigenvalue weighted by molar-refractivity contribution is 0.632. The van der Waals surface area contributed by atoms with Crippen LogP contribution in [0.2, 0.25) is 0 Å². The summed E-state index contributed by atoms with van der Waals surface area (Å²) in [7, 11) is 0. The van der Waals surface area contributed by atoms with Gasteiger partial charge >= 0.3 is 0 Å². The van der Waals surface area contributed by atoms with E-state index in [1.165, 1.54) is 4.52 Å². The van der Waals surface area contributed by atoms with Crippen LogP contribution in [0.15, 0.2) is 54.9 Å². The molecule has 0 aliphatic heterocycles. The summed E-state index contributed by atoms with van der Waals surface area (Å²) in [5.41, 5.74) is 10.7. The summed E-state index contributed by atoms with van der Waals surface area (Å²) in [6.07, 6.45) is 3.83. The molecule has 4 aromatic heterocycles. The lowest BCUT2D eigenvalue weighted by Crippen LogP contribution is -2.08. The Hall–Kier alpha value is -4.65. The number of anilines is 1. The van der Waals surface area contributed by atoms with E-state index in [-0.39, 0.29) is 5.95 Å². The summed E-state index contributed by atoms with van der Waals surface area (Å²) in [4.78, 5) is 13.8. The maximum absolute atomic E-state index is 9.67. The number of aromatic nitrogens is 8. The summed E-state index contributed by atoms with van der Waals surface area (Å²) in [5.74, 6) is 0.724. The van der Waals surface area contributed by atoms with Gasteiger partial charge in [-0.25, -0.2) is 14.6 Å². The fraction of sp³-hybridized carbons (Fsp3) is 0.136. The number of pyridine rings is 1. The zero-order chi connectivity index (χ0) is 22.1. The molecule has 0 bridgehead atoms. The zero-order valence-electron chi connectivity index (χ0n) is 17.2. The van der Waals surface area contributed by atoms with Crippen LogP contribution >= 0.6 is 0 Å². The third-order valence-corrected chi connectivity index (χ3v) is 5.10. The maximum atomic E-state index is 9.67. The average Bonchev–Trinajstić information content (AvgIpc) is 3.47. The molecule has 5 aromatic rings. The fourth-order valence-corrected chi connectivity index (χ4v) is 3.64. The molecule has 0 saturated heterocycles. The highest BCUT2D eigenvalue weighted by molar-refractivity contribution is 5.90. The highest BCUT2D eigenvalue weighted by Gasteiger charge is 2.24. The number of aryl methyl sites for hydroxylation is 1. The number of nitrogen functional groups attached to an aromatic ring is 1. The monoisotopic (exact) mass is 422 g/mol.